The third-order valence-electron chi connectivity index (χ3n) is 2.54. The van der Waals surface area contributed by atoms with Crippen molar-refractivity contribution in [2.45, 2.75) is 19.9 Å². The zero-order valence-corrected chi connectivity index (χ0v) is 10.9. The molecule has 0 radical (unpaired) electrons. The molecule has 5 heteroatoms. The summed E-state index contributed by atoms with van der Waals surface area (Å²) in [6.07, 6.45) is 0.842. The van der Waals surface area contributed by atoms with Crippen LogP contribution in [0, 0.1) is 12.7 Å². The average molecular weight is 266 g/mol. The van der Waals surface area contributed by atoms with Gasteiger partial charge in [0.05, 0.1) is 5.01 Å². The van der Waals surface area contributed by atoms with Crippen LogP contribution in [0.5, 0.6) is 5.75 Å². The van der Waals surface area contributed by atoms with Crippen molar-refractivity contribution in [1.82, 2.24) is 10.3 Å². The summed E-state index contributed by atoms with van der Waals surface area (Å²) in [5.74, 6) is -0.214. The second-order valence-electron chi connectivity index (χ2n) is 4.08. The molecule has 3 nitrogen and oxygen atoms in total. The van der Waals surface area contributed by atoms with Gasteiger partial charge in [-0.1, -0.05) is 0 Å². The number of nitrogens with one attached hydrogen (secondary N) is 1. The second kappa shape index (κ2) is 5.93. The summed E-state index contributed by atoms with van der Waals surface area (Å²) >= 11 is 1.64. The third kappa shape index (κ3) is 3.51. The SMILES string of the molecule is Cc1csc(CCNCc2cc(F)ccc2O)n1. The molecule has 2 aromatic rings. The molecule has 0 aliphatic heterocycles. The largest absolute Gasteiger partial charge is 0.508 e. The molecule has 1 aromatic carbocycles. The van der Waals surface area contributed by atoms with Gasteiger partial charge in [0, 0.05) is 36.1 Å². The number of rotatable bonds is 5. The molecule has 0 amide bonds. The minimum Gasteiger partial charge on any atom is -0.508 e. The van der Waals surface area contributed by atoms with E-state index in [4.69, 9.17) is 0 Å². The van der Waals surface area contributed by atoms with E-state index in [9.17, 15) is 9.50 Å². The Kier molecular flexibility index (Phi) is 4.28. The lowest BCUT2D eigenvalue weighted by molar-refractivity contribution is 0.461. The monoisotopic (exact) mass is 266 g/mol. The Labute approximate surface area is 109 Å². The van der Waals surface area contributed by atoms with Gasteiger partial charge in [-0.05, 0) is 25.1 Å². The fourth-order valence-corrected chi connectivity index (χ4v) is 2.41. The van der Waals surface area contributed by atoms with Gasteiger partial charge in [0.1, 0.15) is 11.6 Å². The molecule has 1 heterocycles. The molecule has 2 rings (SSSR count). The van der Waals surface area contributed by atoms with Crippen LogP contribution in [0.15, 0.2) is 23.6 Å². The number of hydrogen-bond donors (Lipinski definition) is 2. The van der Waals surface area contributed by atoms with Crippen molar-refractivity contribution in [3.63, 3.8) is 0 Å². The number of aromatic nitrogens is 1. The van der Waals surface area contributed by atoms with Crippen LogP contribution < -0.4 is 5.32 Å². The van der Waals surface area contributed by atoms with Gasteiger partial charge in [-0.3, -0.25) is 0 Å². The topological polar surface area (TPSA) is 45.1 Å². The fourth-order valence-electron chi connectivity index (χ4n) is 1.63. The van der Waals surface area contributed by atoms with Crippen LogP contribution in [0.3, 0.4) is 0 Å². The van der Waals surface area contributed by atoms with Crippen LogP contribution >= 0.6 is 11.3 Å². The van der Waals surface area contributed by atoms with Gasteiger partial charge in [0.2, 0.25) is 0 Å². The molecule has 1 aromatic heterocycles. The number of phenolic OH excluding ortho intramolecular Hbond substituents is 1. The summed E-state index contributed by atoms with van der Waals surface area (Å²) in [7, 11) is 0. The highest BCUT2D eigenvalue weighted by molar-refractivity contribution is 7.09. The van der Waals surface area contributed by atoms with Crippen molar-refractivity contribution in [1.29, 1.82) is 0 Å². The maximum atomic E-state index is 13.0. The smallest absolute Gasteiger partial charge is 0.123 e. The van der Waals surface area contributed by atoms with Gasteiger partial charge in [0.25, 0.3) is 0 Å². The first-order chi connectivity index (χ1) is 8.65. The van der Waals surface area contributed by atoms with E-state index in [2.05, 4.69) is 10.3 Å². The highest BCUT2D eigenvalue weighted by atomic mass is 32.1. The van der Waals surface area contributed by atoms with E-state index in [-0.39, 0.29) is 11.6 Å². The molecule has 0 aliphatic rings. The molecular formula is C13H15FN2OS. The minimum atomic E-state index is -0.333. The summed E-state index contributed by atoms with van der Waals surface area (Å²) in [4.78, 5) is 4.36. The zero-order chi connectivity index (χ0) is 13.0. The van der Waals surface area contributed by atoms with E-state index < -0.39 is 0 Å². The lowest BCUT2D eigenvalue weighted by Gasteiger charge is -2.06. The number of thiazole rings is 1. The molecule has 2 N–H and O–H groups in total. The van der Waals surface area contributed by atoms with Crippen molar-refractivity contribution in [2.24, 2.45) is 0 Å². The summed E-state index contributed by atoms with van der Waals surface area (Å²) in [6.45, 7) is 3.18. The number of hydrogen-bond acceptors (Lipinski definition) is 4. The molecule has 0 saturated heterocycles. The first-order valence-corrected chi connectivity index (χ1v) is 6.62. The van der Waals surface area contributed by atoms with Crippen molar-refractivity contribution in [3.8, 4) is 5.75 Å². The summed E-state index contributed by atoms with van der Waals surface area (Å²) in [6, 6.07) is 3.96. The highest BCUT2D eigenvalue weighted by Gasteiger charge is 2.03. The molecule has 0 saturated carbocycles. The number of aryl methyl sites for hydroxylation is 1. The Morgan fingerprint density at radius 1 is 1.44 bits per heavy atom. The Morgan fingerprint density at radius 3 is 3.00 bits per heavy atom. The van der Waals surface area contributed by atoms with Gasteiger partial charge < -0.3 is 10.4 Å². The molecule has 0 bridgehead atoms. The molecule has 96 valence electrons. The molecule has 0 spiro atoms. The summed E-state index contributed by atoms with van der Waals surface area (Å²) in [5, 5.41) is 15.8. The van der Waals surface area contributed by atoms with E-state index in [1.54, 1.807) is 11.3 Å². The predicted molar refractivity (Wildman–Crippen MR) is 70.3 cm³/mol. The Bertz CT molecular complexity index is 527. The van der Waals surface area contributed by atoms with Crippen molar-refractivity contribution in [2.75, 3.05) is 6.54 Å². The number of halogens is 1. The molecular weight excluding hydrogens is 251 g/mol. The van der Waals surface area contributed by atoms with Crippen molar-refractivity contribution in [3.05, 3.63) is 45.7 Å². The van der Waals surface area contributed by atoms with Gasteiger partial charge in [-0.2, -0.15) is 0 Å². The van der Waals surface area contributed by atoms with E-state index in [0.717, 1.165) is 23.7 Å². The lowest BCUT2D eigenvalue weighted by Crippen LogP contribution is -2.16. The van der Waals surface area contributed by atoms with E-state index in [1.807, 2.05) is 12.3 Å². The van der Waals surface area contributed by atoms with Crippen LogP contribution in [0.1, 0.15) is 16.3 Å². The standard InChI is InChI=1S/C13H15FN2OS/c1-9-8-18-13(16-9)4-5-15-7-10-6-11(14)2-3-12(10)17/h2-3,6,8,15,17H,4-5,7H2,1H3. The Hall–Kier alpha value is -1.46. The summed E-state index contributed by atoms with van der Waals surface area (Å²) < 4.78 is 13.0. The molecule has 0 atom stereocenters. The van der Waals surface area contributed by atoms with E-state index >= 15 is 0 Å². The van der Waals surface area contributed by atoms with Crippen LogP contribution in [-0.4, -0.2) is 16.6 Å². The van der Waals surface area contributed by atoms with Gasteiger partial charge in [0.15, 0.2) is 0 Å². The zero-order valence-electron chi connectivity index (χ0n) is 10.1. The molecule has 0 aliphatic carbocycles. The first-order valence-electron chi connectivity index (χ1n) is 5.74. The second-order valence-corrected chi connectivity index (χ2v) is 5.03. The minimum absolute atomic E-state index is 0.119. The number of aromatic hydroxyl groups is 1. The number of nitrogens with zero attached hydrogens (tertiary/aromatic N) is 1. The average Bonchev–Trinajstić information content (AvgIpc) is 2.75. The number of phenols is 1. The van der Waals surface area contributed by atoms with Crippen LogP contribution in [-0.2, 0) is 13.0 Å². The Balaban J connectivity index is 1.80. The summed E-state index contributed by atoms with van der Waals surface area (Å²) in [5.41, 5.74) is 1.61. The van der Waals surface area contributed by atoms with Gasteiger partial charge >= 0.3 is 0 Å². The first kappa shape index (κ1) is 13.0. The molecule has 0 fully saturated rings. The van der Waals surface area contributed by atoms with Crippen LogP contribution in [0.4, 0.5) is 4.39 Å². The predicted octanol–water partition coefficient (Wildman–Crippen LogP) is 2.63. The normalized spacial score (nSPS) is 10.8. The van der Waals surface area contributed by atoms with E-state index in [0.29, 0.717) is 12.1 Å². The quantitative estimate of drug-likeness (QED) is 0.818. The molecule has 0 unspecified atom stereocenters. The van der Waals surface area contributed by atoms with Gasteiger partial charge in [-0.25, -0.2) is 9.37 Å². The third-order valence-corrected chi connectivity index (χ3v) is 3.57. The van der Waals surface area contributed by atoms with E-state index in [1.165, 1.54) is 18.2 Å². The maximum absolute atomic E-state index is 13.0. The Morgan fingerprint density at radius 2 is 2.28 bits per heavy atom. The van der Waals surface area contributed by atoms with Crippen LogP contribution in [0.2, 0.25) is 0 Å². The highest BCUT2D eigenvalue weighted by Crippen LogP contribution is 2.17. The van der Waals surface area contributed by atoms with Crippen LogP contribution in [0.25, 0.3) is 0 Å². The fraction of sp³-hybridized carbons (Fsp3) is 0.308. The molecule has 18 heavy (non-hydrogen) atoms. The number of benzene rings is 1. The maximum Gasteiger partial charge on any atom is 0.123 e. The van der Waals surface area contributed by atoms with Crippen molar-refractivity contribution < 1.29 is 9.50 Å². The lowest BCUT2D eigenvalue weighted by atomic mass is 10.2. The van der Waals surface area contributed by atoms with Gasteiger partial charge in [-0.15, -0.1) is 11.3 Å². The van der Waals surface area contributed by atoms with Crippen molar-refractivity contribution >= 4 is 11.3 Å².